The minimum absolute atomic E-state index is 0.00815. The van der Waals surface area contributed by atoms with Gasteiger partial charge in [-0.15, -0.1) is 0 Å². The third-order valence-electron chi connectivity index (χ3n) is 11.2. The number of aliphatic hydroxyl groups excluding tert-OH is 1. The summed E-state index contributed by atoms with van der Waals surface area (Å²) >= 11 is 0. The van der Waals surface area contributed by atoms with Gasteiger partial charge in [-0.2, -0.15) is 0 Å². The molecular formula is C37H56N6O6. The summed E-state index contributed by atoms with van der Waals surface area (Å²) in [6.45, 7) is 8.03. The van der Waals surface area contributed by atoms with Crippen LogP contribution in [0.3, 0.4) is 0 Å². The van der Waals surface area contributed by atoms with Crippen LogP contribution in [0.5, 0.6) is 0 Å². The molecule has 2 heterocycles. The van der Waals surface area contributed by atoms with Crippen molar-refractivity contribution >= 4 is 29.4 Å². The Balaban J connectivity index is 1.35. The first kappa shape index (κ1) is 36.9. The minimum atomic E-state index is -1.39. The predicted octanol–water partition coefficient (Wildman–Crippen LogP) is 3.33. The van der Waals surface area contributed by atoms with Crippen molar-refractivity contribution in [3.63, 3.8) is 0 Å². The Morgan fingerprint density at radius 2 is 1.67 bits per heavy atom. The Morgan fingerprint density at radius 3 is 2.31 bits per heavy atom. The Labute approximate surface area is 290 Å². The van der Waals surface area contributed by atoms with Crippen LogP contribution in [0.2, 0.25) is 0 Å². The van der Waals surface area contributed by atoms with Crippen LogP contribution in [0.15, 0.2) is 18.6 Å². The van der Waals surface area contributed by atoms with Gasteiger partial charge in [-0.3, -0.25) is 29.0 Å². The number of ketones is 1. The van der Waals surface area contributed by atoms with Crippen LogP contribution in [0.1, 0.15) is 122 Å². The second kappa shape index (κ2) is 16.1. The van der Waals surface area contributed by atoms with Crippen molar-refractivity contribution in [2.75, 3.05) is 6.54 Å². The summed E-state index contributed by atoms with van der Waals surface area (Å²) < 4.78 is 0. The maximum atomic E-state index is 14.6. The highest BCUT2D eigenvalue weighted by Crippen LogP contribution is 2.43. The van der Waals surface area contributed by atoms with Gasteiger partial charge in [0, 0.05) is 37.3 Å². The molecule has 4 aliphatic rings. The largest absolute Gasteiger partial charge is 0.381 e. The van der Waals surface area contributed by atoms with Gasteiger partial charge < -0.3 is 26.0 Å². The van der Waals surface area contributed by atoms with E-state index in [0.717, 1.165) is 64.2 Å². The van der Waals surface area contributed by atoms with Crippen molar-refractivity contribution in [1.29, 1.82) is 0 Å². The number of nitrogens with zero attached hydrogens (tertiary/aromatic N) is 3. The second-order valence-electron chi connectivity index (χ2n) is 16.0. The van der Waals surface area contributed by atoms with Crippen LogP contribution in [0.25, 0.3) is 0 Å². The second-order valence-corrected chi connectivity index (χ2v) is 16.0. The standard InChI is InChI=1S/C37H56N6O6/c1-5-10-27(31(45)35(48)40-24-15-16-24)41-34(47)30-25-14-9-13-23(25)21-43(30)36(49)32(37(2,3)4)42-33(46)26(22-11-7-6-8-12-22)19-29(44)28-20-38-17-18-39-28/h17-18,20,22-27,30-32,45H,5-16,19,21H2,1-4H3,(H,40,48)(H,41,47)(H,42,46)/t23-,25-,26-,27-,30-,31+,32+/m0/s1. The molecule has 0 spiro atoms. The van der Waals surface area contributed by atoms with Crippen molar-refractivity contribution in [1.82, 2.24) is 30.8 Å². The van der Waals surface area contributed by atoms with Crippen molar-refractivity contribution in [2.24, 2.45) is 29.1 Å². The number of amides is 4. The molecule has 1 saturated heterocycles. The molecule has 4 fully saturated rings. The molecule has 0 radical (unpaired) electrons. The number of Topliss-reactive ketones (excluding diaryl/α,β-unsaturated/α-hetero) is 1. The molecule has 4 N–H and O–H groups in total. The van der Waals surface area contributed by atoms with Gasteiger partial charge in [-0.1, -0.05) is 59.8 Å². The first-order valence-corrected chi connectivity index (χ1v) is 18.6. The van der Waals surface area contributed by atoms with E-state index in [1.807, 2.05) is 27.7 Å². The van der Waals surface area contributed by atoms with Crippen LogP contribution in [0.4, 0.5) is 0 Å². The van der Waals surface area contributed by atoms with Crippen molar-refractivity contribution in [3.05, 3.63) is 24.3 Å². The van der Waals surface area contributed by atoms with Crippen LogP contribution < -0.4 is 16.0 Å². The summed E-state index contributed by atoms with van der Waals surface area (Å²) in [7, 11) is 0. The van der Waals surface area contributed by atoms with E-state index in [1.54, 1.807) is 4.90 Å². The van der Waals surface area contributed by atoms with Crippen molar-refractivity contribution < 1.29 is 29.1 Å². The molecule has 0 unspecified atom stereocenters. The van der Waals surface area contributed by atoms with Gasteiger partial charge in [0.1, 0.15) is 17.8 Å². The van der Waals surface area contributed by atoms with Crippen molar-refractivity contribution in [2.45, 2.75) is 141 Å². The maximum Gasteiger partial charge on any atom is 0.251 e. The van der Waals surface area contributed by atoms with E-state index in [1.165, 1.54) is 18.6 Å². The molecule has 7 atom stereocenters. The first-order valence-electron chi connectivity index (χ1n) is 18.6. The third-order valence-corrected chi connectivity index (χ3v) is 11.2. The van der Waals surface area contributed by atoms with Gasteiger partial charge in [-0.25, -0.2) is 4.98 Å². The molecule has 1 aliphatic heterocycles. The molecular weight excluding hydrogens is 624 g/mol. The summed E-state index contributed by atoms with van der Waals surface area (Å²) in [5.74, 6) is -2.26. The van der Waals surface area contributed by atoms with Crippen LogP contribution in [-0.2, 0) is 19.2 Å². The quantitative estimate of drug-likeness (QED) is 0.217. The lowest BCUT2D eigenvalue weighted by Crippen LogP contribution is -2.61. The smallest absolute Gasteiger partial charge is 0.251 e. The number of carbonyl (C=O) groups excluding carboxylic acids is 5. The van der Waals surface area contributed by atoms with E-state index in [-0.39, 0.29) is 59.4 Å². The van der Waals surface area contributed by atoms with E-state index in [9.17, 15) is 29.1 Å². The molecule has 4 amide bonds. The molecule has 0 aromatic carbocycles. The number of nitrogens with one attached hydrogen (secondary N) is 3. The van der Waals surface area contributed by atoms with Gasteiger partial charge in [0.2, 0.25) is 17.7 Å². The van der Waals surface area contributed by atoms with Crippen LogP contribution in [-0.4, -0.2) is 86.2 Å². The zero-order valence-corrected chi connectivity index (χ0v) is 29.7. The average molecular weight is 681 g/mol. The molecule has 0 bridgehead atoms. The lowest BCUT2D eigenvalue weighted by atomic mass is 9.76. The highest BCUT2D eigenvalue weighted by atomic mass is 16.3. The molecule has 3 saturated carbocycles. The maximum absolute atomic E-state index is 14.6. The summed E-state index contributed by atoms with van der Waals surface area (Å²) in [5, 5.41) is 19.8. The summed E-state index contributed by atoms with van der Waals surface area (Å²) in [4.78, 5) is 78.8. The minimum Gasteiger partial charge on any atom is -0.381 e. The highest BCUT2D eigenvalue weighted by molar-refractivity contribution is 5.98. The Kier molecular flexibility index (Phi) is 12.1. The molecule has 270 valence electrons. The fourth-order valence-electron chi connectivity index (χ4n) is 8.27. The number of rotatable bonds is 14. The van der Waals surface area contributed by atoms with E-state index >= 15 is 0 Å². The normalized spacial score (nSPS) is 25.1. The van der Waals surface area contributed by atoms with Gasteiger partial charge in [0.05, 0.1) is 12.2 Å². The lowest BCUT2D eigenvalue weighted by Gasteiger charge is -2.38. The molecule has 12 heteroatoms. The monoisotopic (exact) mass is 680 g/mol. The van der Waals surface area contributed by atoms with E-state index < -0.39 is 41.5 Å². The fourth-order valence-corrected chi connectivity index (χ4v) is 8.27. The molecule has 3 aliphatic carbocycles. The predicted molar refractivity (Wildman–Crippen MR) is 183 cm³/mol. The number of aliphatic hydroxyl groups is 1. The van der Waals surface area contributed by atoms with Gasteiger partial charge in [-0.05, 0) is 68.1 Å². The first-order chi connectivity index (χ1) is 23.4. The Bertz CT molecular complexity index is 1340. The summed E-state index contributed by atoms with van der Waals surface area (Å²) in [6.07, 6.45) is 13.2. The average Bonchev–Trinajstić information content (AvgIpc) is 3.65. The number of hydrogen-bond donors (Lipinski definition) is 4. The zero-order chi connectivity index (χ0) is 35.3. The van der Waals surface area contributed by atoms with Gasteiger partial charge in [0.15, 0.2) is 11.9 Å². The third kappa shape index (κ3) is 9.04. The molecule has 5 rings (SSSR count). The lowest BCUT2D eigenvalue weighted by molar-refractivity contribution is -0.146. The van der Waals surface area contributed by atoms with Crippen LogP contribution in [0, 0.1) is 29.1 Å². The Morgan fingerprint density at radius 1 is 0.939 bits per heavy atom. The van der Waals surface area contributed by atoms with E-state index in [4.69, 9.17) is 0 Å². The number of fused-ring (bicyclic) bond motifs is 1. The van der Waals surface area contributed by atoms with E-state index in [0.29, 0.717) is 19.4 Å². The Hall–Kier alpha value is -3.41. The number of likely N-dealkylation sites (tertiary alicyclic amines) is 1. The van der Waals surface area contributed by atoms with Crippen molar-refractivity contribution in [3.8, 4) is 0 Å². The number of hydrogen-bond acceptors (Lipinski definition) is 8. The SMILES string of the molecule is CCC[C@H](NC(=O)[C@@H]1[C@H]2CCC[C@H]2CN1C(=O)[C@@H](NC(=O)[C@@H](CC(=O)c1cnccn1)C1CCCCC1)C(C)(C)C)[C@@H](O)C(=O)NC1CC1. The van der Waals surface area contributed by atoms with Crippen LogP contribution >= 0.6 is 0 Å². The van der Waals surface area contributed by atoms with Gasteiger partial charge in [0.25, 0.3) is 5.91 Å². The molecule has 1 aromatic rings. The molecule has 1 aromatic heterocycles. The topological polar surface area (TPSA) is 171 Å². The summed E-state index contributed by atoms with van der Waals surface area (Å²) in [5.41, 5.74) is -0.479. The highest BCUT2D eigenvalue weighted by Gasteiger charge is 2.52. The molecule has 12 nitrogen and oxygen atoms in total. The fraction of sp³-hybridized carbons (Fsp3) is 0.757. The molecule has 49 heavy (non-hydrogen) atoms. The zero-order valence-electron chi connectivity index (χ0n) is 29.7. The number of aromatic nitrogens is 2. The summed E-state index contributed by atoms with van der Waals surface area (Å²) in [6, 6.07) is -2.41. The number of carbonyl (C=O) groups is 5. The van der Waals surface area contributed by atoms with E-state index in [2.05, 4.69) is 25.9 Å². The van der Waals surface area contributed by atoms with Gasteiger partial charge >= 0.3 is 0 Å².